The Kier molecular flexibility index (Phi) is 10.2. The molecule has 0 spiro atoms. The predicted molar refractivity (Wildman–Crippen MR) is 141 cm³/mol. The van der Waals surface area contributed by atoms with E-state index in [4.69, 9.17) is 25.1 Å². The van der Waals surface area contributed by atoms with Gasteiger partial charge in [0.25, 0.3) is 5.91 Å². The number of aliphatic hydroxyl groups is 1. The summed E-state index contributed by atoms with van der Waals surface area (Å²) in [6, 6.07) is 16.3. The van der Waals surface area contributed by atoms with Crippen molar-refractivity contribution in [3.05, 3.63) is 89.2 Å². The van der Waals surface area contributed by atoms with Crippen molar-refractivity contribution in [2.45, 2.75) is 19.9 Å². The Morgan fingerprint density at radius 3 is 2.29 bits per heavy atom. The number of amides is 1. The van der Waals surface area contributed by atoms with Crippen LogP contribution in [0.25, 0.3) is 0 Å². The molecular weight excluding hydrogens is 493 g/mol. The number of nitrogens with two attached hydrogens (primary N) is 1. The van der Waals surface area contributed by atoms with Gasteiger partial charge in [0.2, 0.25) is 0 Å². The summed E-state index contributed by atoms with van der Waals surface area (Å²) in [6.07, 6.45) is 0. The van der Waals surface area contributed by atoms with E-state index in [0.29, 0.717) is 16.8 Å². The zero-order valence-electron chi connectivity index (χ0n) is 21.1. The van der Waals surface area contributed by atoms with Crippen LogP contribution in [0.3, 0.4) is 0 Å². The van der Waals surface area contributed by atoms with E-state index < -0.39 is 23.7 Å². The SMILES string of the molecule is CCOC(=O)C(Nc1ccc(C(N)=NC(=O)c2ccccc2)cc1)c1cc(OCC)c(OCCO)cc1F. The van der Waals surface area contributed by atoms with Crippen LogP contribution in [0, 0.1) is 5.82 Å². The minimum Gasteiger partial charge on any atom is -0.490 e. The van der Waals surface area contributed by atoms with E-state index in [1.807, 2.05) is 0 Å². The second-order valence-electron chi connectivity index (χ2n) is 7.90. The lowest BCUT2D eigenvalue weighted by atomic mass is 10.0. The van der Waals surface area contributed by atoms with Crippen molar-refractivity contribution >= 4 is 23.4 Å². The van der Waals surface area contributed by atoms with Crippen molar-refractivity contribution in [2.75, 3.05) is 31.7 Å². The highest BCUT2D eigenvalue weighted by Gasteiger charge is 2.27. The Morgan fingerprint density at radius 2 is 1.66 bits per heavy atom. The summed E-state index contributed by atoms with van der Waals surface area (Å²) < 4.78 is 31.3. The third-order valence-electron chi connectivity index (χ3n) is 5.28. The molecule has 0 bridgehead atoms. The summed E-state index contributed by atoms with van der Waals surface area (Å²) in [7, 11) is 0. The fourth-order valence-corrected chi connectivity index (χ4v) is 3.52. The maximum Gasteiger partial charge on any atom is 0.333 e. The Bertz CT molecular complexity index is 1270. The van der Waals surface area contributed by atoms with Gasteiger partial charge in [-0.1, -0.05) is 18.2 Å². The van der Waals surface area contributed by atoms with Crippen LogP contribution < -0.4 is 20.5 Å². The number of halogens is 1. The number of carbonyl (C=O) groups excluding carboxylic acids is 2. The van der Waals surface area contributed by atoms with Gasteiger partial charge in [0.15, 0.2) is 17.5 Å². The molecule has 0 saturated carbocycles. The van der Waals surface area contributed by atoms with E-state index in [9.17, 15) is 9.59 Å². The van der Waals surface area contributed by atoms with Gasteiger partial charge in [-0.2, -0.15) is 4.99 Å². The Morgan fingerprint density at radius 1 is 0.974 bits per heavy atom. The number of aliphatic imine (C=N–C) groups is 1. The molecule has 9 nitrogen and oxygen atoms in total. The fraction of sp³-hybridized carbons (Fsp3) is 0.250. The summed E-state index contributed by atoms with van der Waals surface area (Å²) in [5.41, 5.74) is 7.37. The molecule has 1 unspecified atom stereocenters. The average molecular weight is 524 g/mol. The molecule has 0 heterocycles. The van der Waals surface area contributed by atoms with Crippen molar-refractivity contribution in [3.8, 4) is 11.5 Å². The number of hydrogen-bond acceptors (Lipinski definition) is 7. The molecule has 0 aliphatic heterocycles. The van der Waals surface area contributed by atoms with Gasteiger partial charge in [0.05, 0.1) is 19.8 Å². The van der Waals surface area contributed by atoms with Gasteiger partial charge in [0, 0.05) is 28.4 Å². The minimum atomic E-state index is -1.21. The number of amidine groups is 1. The number of ether oxygens (including phenoxy) is 3. The molecule has 1 atom stereocenters. The first-order valence-corrected chi connectivity index (χ1v) is 12.0. The summed E-state index contributed by atoms with van der Waals surface area (Å²) >= 11 is 0. The largest absolute Gasteiger partial charge is 0.490 e. The number of nitrogens with one attached hydrogen (secondary N) is 1. The summed E-state index contributed by atoms with van der Waals surface area (Å²) in [6.45, 7) is 3.47. The molecule has 0 aliphatic rings. The van der Waals surface area contributed by atoms with E-state index >= 15 is 4.39 Å². The van der Waals surface area contributed by atoms with Gasteiger partial charge >= 0.3 is 5.97 Å². The van der Waals surface area contributed by atoms with E-state index in [1.165, 1.54) is 6.07 Å². The quantitative estimate of drug-likeness (QED) is 0.185. The monoisotopic (exact) mass is 523 g/mol. The van der Waals surface area contributed by atoms with Crippen LogP contribution in [-0.2, 0) is 9.53 Å². The minimum absolute atomic E-state index is 0.0122. The van der Waals surface area contributed by atoms with Gasteiger partial charge in [-0.05, 0) is 56.3 Å². The van der Waals surface area contributed by atoms with Gasteiger partial charge < -0.3 is 30.4 Å². The summed E-state index contributed by atoms with van der Waals surface area (Å²) in [4.78, 5) is 29.1. The van der Waals surface area contributed by atoms with E-state index in [0.717, 1.165) is 6.07 Å². The van der Waals surface area contributed by atoms with Crippen LogP contribution in [0.5, 0.6) is 11.5 Å². The highest BCUT2D eigenvalue weighted by atomic mass is 19.1. The molecule has 0 saturated heterocycles. The van der Waals surface area contributed by atoms with Crippen LogP contribution in [0.1, 0.15) is 41.4 Å². The van der Waals surface area contributed by atoms with Crippen molar-refractivity contribution in [2.24, 2.45) is 10.7 Å². The number of carbonyl (C=O) groups is 2. The zero-order chi connectivity index (χ0) is 27.5. The molecule has 3 aromatic carbocycles. The van der Waals surface area contributed by atoms with Gasteiger partial charge in [0.1, 0.15) is 18.3 Å². The number of hydrogen-bond donors (Lipinski definition) is 3. The van der Waals surface area contributed by atoms with Crippen LogP contribution in [-0.4, -0.2) is 49.2 Å². The number of esters is 1. The lowest BCUT2D eigenvalue weighted by molar-refractivity contribution is -0.144. The number of rotatable bonds is 12. The summed E-state index contributed by atoms with van der Waals surface area (Å²) in [5, 5.41) is 12.0. The standard InChI is InChI=1S/C28H30FN3O6/c1-3-36-23-16-21(22(29)17-24(23)38-15-14-33)25(28(35)37-4-2)31-20-12-10-18(11-13-20)26(30)32-27(34)19-8-6-5-7-9-19/h5-13,16-17,25,31,33H,3-4,14-15H2,1-2H3,(H2,30,32,34). The Balaban J connectivity index is 1.87. The van der Waals surface area contributed by atoms with Gasteiger partial charge in [-0.15, -0.1) is 0 Å². The van der Waals surface area contributed by atoms with Gasteiger partial charge in [-0.25, -0.2) is 9.18 Å². The molecule has 3 rings (SSSR count). The third-order valence-corrected chi connectivity index (χ3v) is 5.28. The molecular formula is C28H30FN3O6. The van der Waals surface area contributed by atoms with E-state index in [1.54, 1.807) is 68.4 Å². The van der Waals surface area contributed by atoms with Crippen LogP contribution in [0.2, 0.25) is 0 Å². The normalized spacial score (nSPS) is 11.9. The van der Waals surface area contributed by atoms with E-state index in [2.05, 4.69) is 10.3 Å². The van der Waals surface area contributed by atoms with Crippen molar-refractivity contribution in [1.82, 2.24) is 0 Å². The molecule has 0 aliphatic carbocycles. The molecule has 200 valence electrons. The highest BCUT2D eigenvalue weighted by molar-refractivity contribution is 6.08. The number of aliphatic hydroxyl groups excluding tert-OH is 1. The maximum atomic E-state index is 15.2. The second-order valence-corrected chi connectivity index (χ2v) is 7.90. The Hall–Kier alpha value is -4.44. The molecule has 0 aromatic heterocycles. The molecule has 38 heavy (non-hydrogen) atoms. The van der Waals surface area contributed by atoms with Gasteiger partial charge in [-0.3, -0.25) is 4.79 Å². The first-order valence-electron chi connectivity index (χ1n) is 12.0. The molecule has 4 N–H and O–H groups in total. The lowest BCUT2D eigenvalue weighted by Gasteiger charge is -2.21. The topological polar surface area (TPSA) is 132 Å². The molecule has 10 heteroatoms. The van der Waals surface area contributed by atoms with E-state index in [-0.39, 0.29) is 49.3 Å². The van der Waals surface area contributed by atoms with Crippen molar-refractivity contribution in [1.29, 1.82) is 0 Å². The fourth-order valence-electron chi connectivity index (χ4n) is 3.52. The number of anilines is 1. The highest BCUT2D eigenvalue weighted by Crippen LogP contribution is 2.35. The summed E-state index contributed by atoms with van der Waals surface area (Å²) in [5.74, 6) is -1.54. The first-order chi connectivity index (χ1) is 18.4. The van der Waals surface area contributed by atoms with Crippen LogP contribution in [0.15, 0.2) is 71.7 Å². The predicted octanol–water partition coefficient (Wildman–Crippen LogP) is 3.86. The van der Waals surface area contributed by atoms with Crippen molar-refractivity contribution < 1.29 is 33.3 Å². The number of nitrogens with zero attached hydrogens (tertiary/aromatic N) is 1. The zero-order valence-corrected chi connectivity index (χ0v) is 21.1. The Labute approximate surface area is 220 Å². The number of benzene rings is 3. The molecule has 1 amide bonds. The van der Waals surface area contributed by atoms with Crippen LogP contribution in [0.4, 0.5) is 10.1 Å². The van der Waals surface area contributed by atoms with Crippen LogP contribution >= 0.6 is 0 Å². The smallest absolute Gasteiger partial charge is 0.333 e. The maximum absolute atomic E-state index is 15.2. The molecule has 3 aromatic rings. The molecule has 0 fully saturated rings. The van der Waals surface area contributed by atoms with Crippen molar-refractivity contribution in [3.63, 3.8) is 0 Å². The molecule has 0 radical (unpaired) electrons. The third kappa shape index (κ3) is 7.30. The average Bonchev–Trinajstić information content (AvgIpc) is 2.92. The first kappa shape index (κ1) is 28.1. The lowest BCUT2D eigenvalue weighted by Crippen LogP contribution is -2.25. The second kappa shape index (κ2) is 13.8.